The number of aliphatic hydroxyl groups is 2. The first-order valence-corrected chi connectivity index (χ1v) is 10.1. The van der Waals surface area contributed by atoms with E-state index in [1.165, 1.54) is 0 Å². The molecule has 0 aliphatic heterocycles. The lowest BCUT2D eigenvalue weighted by Crippen LogP contribution is -2.55. The van der Waals surface area contributed by atoms with Gasteiger partial charge in [-0.3, -0.25) is 4.79 Å². The Morgan fingerprint density at radius 3 is 2.65 bits per heavy atom. The third-order valence-electron chi connectivity index (χ3n) is 7.19. The van der Waals surface area contributed by atoms with Gasteiger partial charge in [-0.2, -0.15) is 0 Å². The molecule has 0 bridgehead atoms. The molecule has 0 saturated heterocycles. The zero-order valence-electron chi connectivity index (χ0n) is 13.2. The van der Waals surface area contributed by atoms with Gasteiger partial charge < -0.3 is 10.2 Å². The number of hydrogen-bond acceptors (Lipinski definition) is 3. The lowest BCUT2D eigenvalue weighted by atomic mass is 9.51. The molecule has 6 atom stereocenters. The molecule has 0 amide bonds. The van der Waals surface area contributed by atoms with E-state index < -0.39 is 5.60 Å². The lowest BCUT2D eigenvalue weighted by Gasteiger charge is -2.55. The van der Waals surface area contributed by atoms with Crippen molar-refractivity contribution in [2.75, 3.05) is 0 Å². The van der Waals surface area contributed by atoms with Crippen LogP contribution in [0.2, 0.25) is 0 Å². The number of halogens is 2. The predicted octanol–water partition coefficient (Wildman–Crippen LogP) is 3.83. The fourth-order valence-corrected chi connectivity index (χ4v) is 7.47. The van der Waals surface area contributed by atoms with Crippen LogP contribution in [0.3, 0.4) is 0 Å². The van der Waals surface area contributed by atoms with Crippen LogP contribution in [0, 0.1) is 23.2 Å². The summed E-state index contributed by atoms with van der Waals surface area (Å²) in [7, 11) is 0. The highest BCUT2D eigenvalue weighted by atomic mass is 79.9. The average molecular weight is 446 g/mol. The topological polar surface area (TPSA) is 57.5 Å². The summed E-state index contributed by atoms with van der Waals surface area (Å²) in [4.78, 5) is 12.2. The summed E-state index contributed by atoms with van der Waals surface area (Å²) in [6, 6.07) is 0. The molecule has 0 aromatic heterocycles. The van der Waals surface area contributed by atoms with Gasteiger partial charge in [0, 0.05) is 0 Å². The summed E-state index contributed by atoms with van der Waals surface area (Å²) >= 11 is 6.76. The van der Waals surface area contributed by atoms with E-state index in [4.69, 9.17) is 0 Å². The molecule has 3 nitrogen and oxygen atoms in total. The van der Waals surface area contributed by atoms with Gasteiger partial charge in [-0.05, 0) is 105 Å². The van der Waals surface area contributed by atoms with E-state index >= 15 is 0 Å². The van der Waals surface area contributed by atoms with E-state index in [9.17, 15) is 15.0 Å². The SMILES string of the molecule is C[C@]12CC[C@H]3[C@@H](CCC4=C(Br)C(=O)C(Br)=C[C@@]43O)[C@@H]1CC[C@@H]2O. The number of Topliss-reactive ketones (excluding diaryl/α,β-unsaturated/α-hetero) is 1. The van der Waals surface area contributed by atoms with Crippen molar-refractivity contribution < 1.29 is 15.0 Å². The number of hydrogen-bond donors (Lipinski definition) is 2. The molecule has 0 aromatic carbocycles. The number of carbonyl (C=O) groups excluding carboxylic acids is 1. The third kappa shape index (κ3) is 2.09. The van der Waals surface area contributed by atoms with E-state index in [0.717, 1.165) is 44.1 Å². The number of carbonyl (C=O) groups is 1. The highest BCUT2D eigenvalue weighted by molar-refractivity contribution is 9.13. The maximum Gasteiger partial charge on any atom is 0.206 e. The summed E-state index contributed by atoms with van der Waals surface area (Å²) in [5, 5.41) is 22.0. The van der Waals surface area contributed by atoms with Gasteiger partial charge in [-0.15, -0.1) is 0 Å². The van der Waals surface area contributed by atoms with Crippen molar-refractivity contribution in [3.63, 3.8) is 0 Å². The molecule has 4 rings (SSSR count). The first-order valence-electron chi connectivity index (χ1n) is 8.51. The molecule has 0 heterocycles. The molecule has 5 heteroatoms. The molecular formula is C18H22Br2O3. The van der Waals surface area contributed by atoms with Crippen LogP contribution in [-0.2, 0) is 4.79 Å². The summed E-state index contributed by atoms with van der Waals surface area (Å²) in [5.74, 6) is 0.970. The maximum absolute atomic E-state index is 12.2. The zero-order valence-corrected chi connectivity index (χ0v) is 16.4. The molecule has 0 unspecified atom stereocenters. The highest BCUT2D eigenvalue weighted by Gasteiger charge is 2.60. The molecule has 3 fully saturated rings. The number of aliphatic hydroxyl groups excluding tert-OH is 1. The second kappa shape index (κ2) is 5.26. The van der Waals surface area contributed by atoms with Crippen LogP contribution in [0.5, 0.6) is 0 Å². The van der Waals surface area contributed by atoms with Crippen molar-refractivity contribution in [2.45, 2.75) is 57.2 Å². The van der Waals surface area contributed by atoms with Crippen LogP contribution in [-0.4, -0.2) is 27.7 Å². The summed E-state index contributed by atoms with van der Waals surface area (Å²) < 4.78 is 0.990. The third-order valence-corrected chi connectivity index (χ3v) is 8.62. The van der Waals surface area contributed by atoms with E-state index in [2.05, 4.69) is 38.8 Å². The largest absolute Gasteiger partial charge is 0.393 e. The molecule has 4 aliphatic rings. The second-order valence-corrected chi connectivity index (χ2v) is 9.64. The van der Waals surface area contributed by atoms with Crippen molar-refractivity contribution in [1.29, 1.82) is 0 Å². The van der Waals surface area contributed by atoms with Gasteiger partial charge in [0.25, 0.3) is 0 Å². The number of fused-ring (bicyclic) bond motifs is 5. The monoisotopic (exact) mass is 444 g/mol. The molecule has 0 aromatic rings. The van der Waals surface area contributed by atoms with Crippen molar-refractivity contribution in [1.82, 2.24) is 0 Å². The van der Waals surface area contributed by atoms with Gasteiger partial charge in [0.2, 0.25) is 5.78 Å². The van der Waals surface area contributed by atoms with Crippen molar-refractivity contribution in [2.24, 2.45) is 23.2 Å². The minimum atomic E-state index is -1.02. The Morgan fingerprint density at radius 1 is 1.17 bits per heavy atom. The molecule has 0 spiro atoms. The van der Waals surface area contributed by atoms with E-state index in [1.807, 2.05) is 0 Å². The molecule has 0 radical (unpaired) electrons. The highest BCUT2D eigenvalue weighted by Crippen LogP contribution is 2.63. The molecule has 3 saturated carbocycles. The Labute approximate surface area is 153 Å². The van der Waals surface area contributed by atoms with Crippen molar-refractivity contribution in [3.8, 4) is 0 Å². The van der Waals surface area contributed by atoms with Crippen LogP contribution in [0.4, 0.5) is 0 Å². The minimum Gasteiger partial charge on any atom is -0.393 e. The predicted molar refractivity (Wildman–Crippen MR) is 95.2 cm³/mol. The van der Waals surface area contributed by atoms with Crippen LogP contribution >= 0.6 is 31.9 Å². The molecule has 126 valence electrons. The summed E-state index contributed by atoms with van der Waals surface area (Å²) in [6.45, 7) is 2.23. The van der Waals surface area contributed by atoms with E-state index in [-0.39, 0.29) is 23.2 Å². The zero-order chi connectivity index (χ0) is 16.6. The molecule has 2 N–H and O–H groups in total. The minimum absolute atomic E-state index is 0.00140. The normalized spacial score (nSPS) is 49.4. The number of rotatable bonds is 0. The average Bonchev–Trinajstić information content (AvgIpc) is 2.80. The lowest BCUT2D eigenvalue weighted by molar-refractivity contribution is -0.113. The summed E-state index contributed by atoms with van der Waals surface area (Å²) in [5.41, 5.74) is -0.167. The van der Waals surface area contributed by atoms with Crippen LogP contribution in [0.25, 0.3) is 0 Å². The van der Waals surface area contributed by atoms with E-state index in [1.54, 1.807) is 6.08 Å². The Bertz CT molecular complexity index is 640. The molecule has 23 heavy (non-hydrogen) atoms. The first kappa shape index (κ1) is 16.5. The number of allylic oxidation sites excluding steroid dienone is 2. The maximum atomic E-state index is 12.2. The smallest absolute Gasteiger partial charge is 0.206 e. The van der Waals surface area contributed by atoms with Gasteiger partial charge in [0.05, 0.1) is 15.1 Å². The van der Waals surface area contributed by atoms with Gasteiger partial charge in [0.15, 0.2) is 0 Å². The van der Waals surface area contributed by atoms with Gasteiger partial charge in [-0.25, -0.2) is 0 Å². The Morgan fingerprint density at radius 2 is 1.91 bits per heavy atom. The second-order valence-electron chi connectivity index (χ2n) is 7.99. The fraction of sp³-hybridized carbons (Fsp3) is 0.722. The summed E-state index contributed by atoms with van der Waals surface area (Å²) in [6.07, 6.45) is 7.08. The van der Waals surface area contributed by atoms with Crippen molar-refractivity contribution >= 4 is 37.6 Å². The van der Waals surface area contributed by atoms with Gasteiger partial charge in [0.1, 0.15) is 5.60 Å². The van der Waals surface area contributed by atoms with Crippen LogP contribution in [0.1, 0.15) is 45.4 Å². The van der Waals surface area contributed by atoms with Crippen molar-refractivity contribution in [3.05, 3.63) is 20.6 Å². The van der Waals surface area contributed by atoms with Gasteiger partial charge in [-0.1, -0.05) is 6.92 Å². The Kier molecular flexibility index (Phi) is 3.77. The fourth-order valence-electron chi connectivity index (χ4n) is 5.92. The Balaban J connectivity index is 1.76. The van der Waals surface area contributed by atoms with E-state index in [0.29, 0.717) is 20.8 Å². The van der Waals surface area contributed by atoms with Crippen LogP contribution < -0.4 is 0 Å². The first-order chi connectivity index (χ1) is 10.8. The molecular weight excluding hydrogens is 424 g/mol. The standard InChI is InChI=1S/C18H22Br2O3/c1-17-7-6-11-9(10(17)4-5-14(17)21)2-3-12-15(20)16(22)13(19)8-18(11,12)23/h8-11,14,21,23H,2-7H2,1H3/t9-,10-,11-,14-,17-,18-/m0/s1. The quantitative estimate of drug-likeness (QED) is 0.595. The number of ketones is 1. The van der Waals surface area contributed by atoms with Crippen LogP contribution in [0.15, 0.2) is 20.6 Å². The molecule has 4 aliphatic carbocycles. The Hall–Kier alpha value is 0.0300. The van der Waals surface area contributed by atoms with Gasteiger partial charge >= 0.3 is 0 Å².